The van der Waals surface area contributed by atoms with Gasteiger partial charge in [-0.1, -0.05) is 30.3 Å². The number of hydrogen-bond acceptors (Lipinski definition) is 3. The van der Waals surface area contributed by atoms with Crippen molar-refractivity contribution < 1.29 is 9.53 Å². The third-order valence-electron chi connectivity index (χ3n) is 5.25. The molecule has 120 valence electrons. The molecule has 1 saturated heterocycles. The van der Waals surface area contributed by atoms with E-state index in [0.717, 1.165) is 18.7 Å². The Balaban J connectivity index is 1.74. The predicted molar refractivity (Wildman–Crippen MR) is 86.5 cm³/mol. The smallest absolute Gasteiger partial charge is 0.256 e. The fourth-order valence-corrected chi connectivity index (χ4v) is 4.39. The molecule has 1 amide bonds. The van der Waals surface area contributed by atoms with Crippen LogP contribution in [0.3, 0.4) is 0 Å². The summed E-state index contributed by atoms with van der Waals surface area (Å²) >= 11 is 0. The highest BCUT2D eigenvalue weighted by atomic mass is 16.5. The highest BCUT2D eigenvalue weighted by molar-refractivity contribution is 5.82. The number of hydrogen-bond donors (Lipinski definition) is 0. The molecule has 1 saturated carbocycles. The zero-order chi connectivity index (χ0) is 15.7. The highest BCUT2D eigenvalue weighted by Crippen LogP contribution is 2.40. The summed E-state index contributed by atoms with van der Waals surface area (Å²) in [4.78, 5) is 17.3. The molecular formula is C18H26N2O2. The van der Waals surface area contributed by atoms with E-state index >= 15 is 0 Å². The molecule has 2 aliphatic rings. The van der Waals surface area contributed by atoms with E-state index in [0.29, 0.717) is 17.9 Å². The summed E-state index contributed by atoms with van der Waals surface area (Å²) in [5, 5.41) is 0. The van der Waals surface area contributed by atoms with Crippen molar-refractivity contribution in [3.8, 4) is 0 Å². The minimum absolute atomic E-state index is 0.114. The van der Waals surface area contributed by atoms with Gasteiger partial charge in [-0.15, -0.1) is 0 Å². The molecular weight excluding hydrogens is 276 g/mol. The van der Waals surface area contributed by atoms with Gasteiger partial charge in [-0.3, -0.25) is 4.79 Å². The molecule has 0 radical (unpaired) electrons. The topological polar surface area (TPSA) is 32.8 Å². The van der Waals surface area contributed by atoms with Gasteiger partial charge < -0.3 is 14.5 Å². The monoisotopic (exact) mass is 302 g/mol. The minimum atomic E-state index is -0.475. The maximum Gasteiger partial charge on any atom is 0.256 e. The second-order valence-corrected chi connectivity index (χ2v) is 6.82. The zero-order valence-corrected chi connectivity index (χ0v) is 13.7. The molecule has 1 aliphatic heterocycles. The summed E-state index contributed by atoms with van der Waals surface area (Å²) < 4.78 is 5.51. The Morgan fingerprint density at radius 3 is 2.27 bits per heavy atom. The lowest BCUT2D eigenvalue weighted by atomic mass is 9.90. The summed E-state index contributed by atoms with van der Waals surface area (Å²) in [6.07, 6.45) is 2.00. The van der Waals surface area contributed by atoms with E-state index < -0.39 is 6.10 Å². The van der Waals surface area contributed by atoms with E-state index in [9.17, 15) is 4.79 Å². The fraction of sp³-hybridized carbons (Fsp3) is 0.611. The molecule has 4 nitrogen and oxygen atoms in total. The number of amides is 1. The normalized spacial score (nSPS) is 28.9. The van der Waals surface area contributed by atoms with Gasteiger partial charge in [-0.25, -0.2) is 0 Å². The van der Waals surface area contributed by atoms with Crippen molar-refractivity contribution in [3.63, 3.8) is 0 Å². The number of rotatable bonds is 4. The average molecular weight is 302 g/mol. The van der Waals surface area contributed by atoms with Crippen LogP contribution >= 0.6 is 0 Å². The van der Waals surface area contributed by atoms with Crippen LogP contribution in [0.5, 0.6) is 0 Å². The van der Waals surface area contributed by atoms with Crippen molar-refractivity contribution in [2.75, 3.05) is 34.3 Å². The largest absolute Gasteiger partial charge is 0.367 e. The van der Waals surface area contributed by atoms with Crippen LogP contribution in [0, 0.1) is 11.8 Å². The first-order chi connectivity index (χ1) is 10.6. The number of likely N-dealkylation sites (tertiary alicyclic amines) is 1. The second-order valence-electron chi connectivity index (χ2n) is 6.82. The number of ether oxygens (including phenoxy) is 1. The number of carbonyl (C=O) groups is 1. The number of benzene rings is 1. The van der Waals surface area contributed by atoms with Crippen molar-refractivity contribution in [3.05, 3.63) is 35.9 Å². The van der Waals surface area contributed by atoms with Gasteiger partial charge in [0, 0.05) is 26.2 Å². The molecule has 1 aliphatic carbocycles. The van der Waals surface area contributed by atoms with Crippen molar-refractivity contribution in [2.24, 2.45) is 11.8 Å². The van der Waals surface area contributed by atoms with Crippen molar-refractivity contribution in [1.29, 1.82) is 0 Å². The highest BCUT2D eigenvalue weighted by Gasteiger charge is 2.45. The van der Waals surface area contributed by atoms with Crippen LogP contribution in [0.4, 0.5) is 0 Å². The zero-order valence-electron chi connectivity index (χ0n) is 13.7. The summed E-state index contributed by atoms with van der Waals surface area (Å²) in [6.45, 7) is 1.73. The molecule has 4 heteroatoms. The van der Waals surface area contributed by atoms with E-state index in [1.54, 1.807) is 7.11 Å². The third-order valence-corrected chi connectivity index (χ3v) is 5.25. The van der Waals surface area contributed by atoms with Crippen LogP contribution in [0.15, 0.2) is 30.3 Å². The summed E-state index contributed by atoms with van der Waals surface area (Å²) in [6, 6.07) is 10.4. The van der Waals surface area contributed by atoms with Crippen molar-refractivity contribution in [1.82, 2.24) is 9.80 Å². The molecule has 0 aromatic heterocycles. The van der Waals surface area contributed by atoms with Crippen molar-refractivity contribution >= 4 is 5.91 Å². The van der Waals surface area contributed by atoms with E-state index in [1.807, 2.05) is 35.2 Å². The van der Waals surface area contributed by atoms with E-state index in [2.05, 4.69) is 19.0 Å². The van der Waals surface area contributed by atoms with Gasteiger partial charge in [0.25, 0.3) is 5.91 Å². The lowest BCUT2D eigenvalue weighted by Crippen LogP contribution is -2.53. The lowest BCUT2D eigenvalue weighted by Gasteiger charge is -2.42. The van der Waals surface area contributed by atoms with Gasteiger partial charge in [0.05, 0.1) is 0 Å². The molecule has 1 heterocycles. The number of fused-ring (bicyclic) bond motifs is 2. The van der Waals surface area contributed by atoms with Gasteiger partial charge in [0.15, 0.2) is 6.10 Å². The maximum absolute atomic E-state index is 12.9. The fourth-order valence-electron chi connectivity index (χ4n) is 4.39. The van der Waals surface area contributed by atoms with E-state index in [1.165, 1.54) is 12.8 Å². The molecule has 1 aromatic carbocycles. The van der Waals surface area contributed by atoms with Gasteiger partial charge in [-0.05, 0) is 44.3 Å². The molecule has 0 N–H and O–H groups in total. The van der Waals surface area contributed by atoms with E-state index in [-0.39, 0.29) is 5.91 Å². The molecule has 0 spiro atoms. The predicted octanol–water partition coefficient (Wildman–Crippen LogP) is 2.17. The first kappa shape index (κ1) is 15.5. The second kappa shape index (κ2) is 6.39. The Morgan fingerprint density at radius 1 is 1.18 bits per heavy atom. The molecule has 4 atom stereocenters. The third kappa shape index (κ3) is 2.77. The number of piperidine rings is 1. The Morgan fingerprint density at radius 2 is 1.77 bits per heavy atom. The molecule has 3 rings (SSSR count). The Kier molecular flexibility index (Phi) is 4.50. The standard InChI is InChI=1S/C18H26N2O2/c1-19(2)16-14-9-10-15(16)12-20(11-14)18(21)17(22-3)13-7-5-4-6-8-13/h4-8,14-17H,9-12H2,1-3H3/t14-,15+,16?,17-/m0/s1. The first-order valence-corrected chi connectivity index (χ1v) is 8.14. The number of nitrogens with zero attached hydrogens (tertiary/aromatic N) is 2. The molecule has 1 unspecified atom stereocenters. The van der Waals surface area contributed by atoms with Crippen LogP contribution in [0.25, 0.3) is 0 Å². The van der Waals surface area contributed by atoms with Gasteiger partial charge in [-0.2, -0.15) is 0 Å². The molecule has 2 fully saturated rings. The van der Waals surface area contributed by atoms with Crippen LogP contribution in [0.2, 0.25) is 0 Å². The van der Waals surface area contributed by atoms with Gasteiger partial charge in [0.1, 0.15) is 0 Å². The summed E-state index contributed by atoms with van der Waals surface area (Å²) in [5.74, 6) is 1.32. The van der Waals surface area contributed by atoms with E-state index in [4.69, 9.17) is 4.74 Å². The molecule has 22 heavy (non-hydrogen) atoms. The molecule has 1 aromatic rings. The quantitative estimate of drug-likeness (QED) is 0.854. The average Bonchev–Trinajstić information content (AvgIpc) is 2.80. The Hall–Kier alpha value is -1.39. The Labute approximate surface area is 133 Å². The van der Waals surface area contributed by atoms with Gasteiger partial charge in [0.2, 0.25) is 0 Å². The van der Waals surface area contributed by atoms with Crippen molar-refractivity contribution in [2.45, 2.75) is 25.0 Å². The number of methoxy groups -OCH3 is 1. The molecule has 2 bridgehead atoms. The minimum Gasteiger partial charge on any atom is -0.367 e. The van der Waals surface area contributed by atoms with Crippen LogP contribution < -0.4 is 0 Å². The van der Waals surface area contributed by atoms with Crippen LogP contribution in [-0.2, 0) is 9.53 Å². The van der Waals surface area contributed by atoms with Crippen LogP contribution in [-0.4, -0.2) is 56.0 Å². The Bertz CT molecular complexity index is 503. The SMILES string of the molecule is CO[C@H](C(=O)N1C[C@H]2CC[C@@H](C1)C2N(C)C)c1ccccc1. The van der Waals surface area contributed by atoms with Crippen LogP contribution in [0.1, 0.15) is 24.5 Å². The first-order valence-electron chi connectivity index (χ1n) is 8.14. The lowest BCUT2D eigenvalue weighted by molar-refractivity contribution is -0.145. The summed E-state index contributed by atoms with van der Waals surface area (Å²) in [5.41, 5.74) is 0.942. The van der Waals surface area contributed by atoms with Gasteiger partial charge >= 0.3 is 0 Å². The maximum atomic E-state index is 12.9. The number of carbonyl (C=O) groups excluding carboxylic acids is 1. The summed E-state index contributed by atoms with van der Waals surface area (Å²) in [7, 11) is 5.95.